The fraction of sp³-hybridized carbons (Fsp3) is 0.333. The van der Waals surface area contributed by atoms with Crippen LogP contribution in [0.1, 0.15) is 48.2 Å². The van der Waals surface area contributed by atoms with Crippen LogP contribution in [0, 0.1) is 12.8 Å². The fourth-order valence-corrected chi connectivity index (χ4v) is 2.66. The molecule has 0 spiro atoms. The molecule has 0 saturated carbocycles. The minimum Gasteiger partial charge on any atom is -0.342 e. The summed E-state index contributed by atoms with van der Waals surface area (Å²) in [4.78, 5) is 21.0. The molecule has 6 nitrogen and oxygen atoms in total. The lowest BCUT2D eigenvalue weighted by molar-refractivity contribution is 0.0921. The molecule has 0 radical (unpaired) electrons. The van der Waals surface area contributed by atoms with Crippen molar-refractivity contribution in [2.24, 2.45) is 5.92 Å². The molecule has 1 amide bonds. The number of aryl methyl sites for hydroxylation is 1. The number of benzene rings is 1. The third-order valence-electron chi connectivity index (χ3n) is 3.85. The SMILES string of the molecule is Cc1ccnc2nc(C(=O)N[C@H](CC(C)C)c3ccccc3)nn12. The highest BCUT2D eigenvalue weighted by Crippen LogP contribution is 2.21. The highest BCUT2D eigenvalue weighted by atomic mass is 16.2. The van der Waals surface area contributed by atoms with Crippen molar-refractivity contribution in [1.82, 2.24) is 24.9 Å². The van der Waals surface area contributed by atoms with Gasteiger partial charge in [0.05, 0.1) is 6.04 Å². The molecule has 3 rings (SSSR count). The highest BCUT2D eigenvalue weighted by Gasteiger charge is 2.20. The zero-order chi connectivity index (χ0) is 17.1. The van der Waals surface area contributed by atoms with E-state index in [0.29, 0.717) is 11.7 Å². The van der Waals surface area contributed by atoms with Gasteiger partial charge in [-0.3, -0.25) is 4.79 Å². The second-order valence-corrected chi connectivity index (χ2v) is 6.30. The van der Waals surface area contributed by atoms with E-state index in [0.717, 1.165) is 17.7 Å². The Hall–Kier alpha value is -2.76. The van der Waals surface area contributed by atoms with Crippen molar-refractivity contribution < 1.29 is 4.79 Å². The molecule has 0 aliphatic carbocycles. The third-order valence-corrected chi connectivity index (χ3v) is 3.85. The average Bonchev–Trinajstić information content (AvgIpc) is 3.00. The van der Waals surface area contributed by atoms with Gasteiger partial charge < -0.3 is 5.32 Å². The molecule has 3 aromatic rings. The van der Waals surface area contributed by atoms with Gasteiger partial charge in [-0.05, 0) is 30.9 Å². The van der Waals surface area contributed by atoms with Crippen LogP contribution in [0.25, 0.3) is 5.78 Å². The van der Waals surface area contributed by atoms with Gasteiger partial charge in [0, 0.05) is 11.9 Å². The predicted octanol–water partition coefficient (Wildman–Crippen LogP) is 2.95. The van der Waals surface area contributed by atoms with Crippen LogP contribution < -0.4 is 5.32 Å². The van der Waals surface area contributed by atoms with E-state index in [-0.39, 0.29) is 17.8 Å². The first-order valence-electron chi connectivity index (χ1n) is 8.09. The number of nitrogens with one attached hydrogen (secondary N) is 1. The van der Waals surface area contributed by atoms with Crippen molar-refractivity contribution in [2.45, 2.75) is 33.2 Å². The number of carbonyl (C=O) groups is 1. The number of carbonyl (C=O) groups excluding carboxylic acids is 1. The number of nitrogens with zero attached hydrogens (tertiary/aromatic N) is 4. The Morgan fingerprint density at radius 3 is 2.62 bits per heavy atom. The number of hydrogen-bond donors (Lipinski definition) is 1. The van der Waals surface area contributed by atoms with E-state index >= 15 is 0 Å². The molecule has 1 aromatic carbocycles. The smallest absolute Gasteiger partial charge is 0.291 e. The van der Waals surface area contributed by atoms with Crippen molar-refractivity contribution in [1.29, 1.82) is 0 Å². The van der Waals surface area contributed by atoms with Gasteiger partial charge in [-0.15, -0.1) is 5.10 Å². The van der Waals surface area contributed by atoms with Gasteiger partial charge in [0.1, 0.15) is 0 Å². The summed E-state index contributed by atoms with van der Waals surface area (Å²) in [5.41, 5.74) is 1.96. The van der Waals surface area contributed by atoms with Crippen LogP contribution in [0.4, 0.5) is 0 Å². The van der Waals surface area contributed by atoms with E-state index in [1.54, 1.807) is 10.7 Å². The molecule has 124 valence electrons. The summed E-state index contributed by atoms with van der Waals surface area (Å²) in [5, 5.41) is 7.33. The summed E-state index contributed by atoms with van der Waals surface area (Å²) < 4.78 is 1.58. The Morgan fingerprint density at radius 2 is 1.96 bits per heavy atom. The van der Waals surface area contributed by atoms with Crippen LogP contribution >= 0.6 is 0 Å². The lowest BCUT2D eigenvalue weighted by atomic mass is 9.97. The summed E-state index contributed by atoms with van der Waals surface area (Å²) in [7, 11) is 0. The minimum atomic E-state index is -0.283. The fourth-order valence-electron chi connectivity index (χ4n) is 2.66. The maximum Gasteiger partial charge on any atom is 0.291 e. The summed E-state index contributed by atoms with van der Waals surface area (Å²) in [6.07, 6.45) is 2.51. The molecule has 0 fully saturated rings. The maximum absolute atomic E-state index is 12.6. The van der Waals surface area contributed by atoms with Crippen LogP contribution in [-0.2, 0) is 0 Å². The molecule has 0 aliphatic rings. The molecule has 0 saturated heterocycles. The summed E-state index contributed by atoms with van der Waals surface area (Å²) in [6, 6.07) is 11.7. The van der Waals surface area contributed by atoms with Gasteiger partial charge in [0.2, 0.25) is 5.82 Å². The van der Waals surface area contributed by atoms with Crippen molar-refractivity contribution in [2.75, 3.05) is 0 Å². The van der Waals surface area contributed by atoms with Gasteiger partial charge >= 0.3 is 0 Å². The van der Waals surface area contributed by atoms with Crippen LogP contribution in [0.15, 0.2) is 42.6 Å². The molecule has 0 bridgehead atoms. The zero-order valence-electron chi connectivity index (χ0n) is 14.1. The molecular formula is C18H21N5O. The molecule has 24 heavy (non-hydrogen) atoms. The van der Waals surface area contributed by atoms with Gasteiger partial charge in [-0.2, -0.15) is 4.98 Å². The Labute approximate surface area is 141 Å². The van der Waals surface area contributed by atoms with E-state index < -0.39 is 0 Å². The molecule has 2 heterocycles. The van der Waals surface area contributed by atoms with Gasteiger partial charge in [0.25, 0.3) is 11.7 Å². The molecule has 1 atom stereocenters. The van der Waals surface area contributed by atoms with Gasteiger partial charge in [-0.25, -0.2) is 9.50 Å². The van der Waals surface area contributed by atoms with Crippen LogP contribution in [0.3, 0.4) is 0 Å². The zero-order valence-corrected chi connectivity index (χ0v) is 14.1. The molecule has 0 aliphatic heterocycles. The molecule has 1 N–H and O–H groups in total. The first-order valence-corrected chi connectivity index (χ1v) is 8.09. The minimum absolute atomic E-state index is 0.0700. The van der Waals surface area contributed by atoms with Crippen molar-refractivity contribution in [3.05, 3.63) is 59.7 Å². The van der Waals surface area contributed by atoms with E-state index in [4.69, 9.17) is 0 Å². The Bertz CT molecular complexity index is 841. The van der Waals surface area contributed by atoms with Crippen molar-refractivity contribution >= 4 is 11.7 Å². The Balaban J connectivity index is 1.85. The first kappa shape index (κ1) is 16.1. The molecule has 6 heteroatoms. The van der Waals surface area contributed by atoms with Crippen molar-refractivity contribution in [3.63, 3.8) is 0 Å². The number of fused-ring (bicyclic) bond motifs is 1. The number of rotatable bonds is 5. The normalized spacial score (nSPS) is 12.5. The van der Waals surface area contributed by atoms with E-state index in [2.05, 4.69) is 34.2 Å². The quantitative estimate of drug-likeness (QED) is 0.783. The standard InChI is InChI=1S/C18H21N5O/c1-12(2)11-15(14-7-5-4-6-8-14)20-17(24)16-21-18-19-10-9-13(3)23(18)22-16/h4-10,12,15H,11H2,1-3H3,(H,20,24)/t15-/m1/s1. The van der Waals surface area contributed by atoms with E-state index in [9.17, 15) is 4.79 Å². The second kappa shape index (κ2) is 6.78. The van der Waals surface area contributed by atoms with Crippen LogP contribution in [0.2, 0.25) is 0 Å². The lowest BCUT2D eigenvalue weighted by Crippen LogP contribution is -2.30. The van der Waals surface area contributed by atoms with E-state index in [1.165, 1.54) is 0 Å². The molecular weight excluding hydrogens is 302 g/mol. The number of amides is 1. The topological polar surface area (TPSA) is 72.2 Å². The third kappa shape index (κ3) is 3.42. The van der Waals surface area contributed by atoms with Gasteiger partial charge in [-0.1, -0.05) is 44.2 Å². The van der Waals surface area contributed by atoms with Gasteiger partial charge in [0.15, 0.2) is 0 Å². The Kier molecular flexibility index (Phi) is 4.55. The second-order valence-electron chi connectivity index (χ2n) is 6.30. The lowest BCUT2D eigenvalue weighted by Gasteiger charge is -2.20. The first-order chi connectivity index (χ1) is 11.5. The molecule has 0 unspecified atom stereocenters. The largest absolute Gasteiger partial charge is 0.342 e. The molecule has 2 aromatic heterocycles. The monoisotopic (exact) mass is 323 g/mol. The highest BCUT2D eigenvalue weighted by molar-refractivity contribution is 5.91. The van der Waals surface area contributed by atoms with Crippen LogP contribution in [-0.4, -0.2) is 25.5 Å². The summed E-state index contributed by atoms with van der Waals surface area (Å²) in [5.74, 6) is 0.740. The van der Waals surface area contributed by atoms with Crippen LogP contribution in [0.5, 0.6) is 0 Å². The Morgan fingerprint density at radius 1 is 1.21 bits per heavy atom. The van der Waals surface area contributed by atoms with Crippen molar-refractivity contribution in [3.8, 4) is 0 Å². The maximum atomic E-state index is 12.6. The predicted molar refractivity (Wildman–Crippen MR) is 91.6 cm³/mol. The average molecular weight is 323 g/mol. The number of hydrogen-bond acceptors (Lipinski definition) is 4. The summed E-state index contributed by atoms with van der Waals surface area (Å²) in [6.45, 7) is 6.17. The summed E-state index contributed by atoms with van der Waals surface area (Å²) >= 11 is 0. The number of aromatic nitrogens is 4. The van der Waals surface area contributed by atoms with E-state index in [1.807, 2.05) is 43.3 Å².